The van der Waals surface area contributed by atoms with Crippen molar-refractivity contribution in [2.75, 3.05) is 17.7 Å². The zero-order chi connectivity index (χ0) is 14.0. The largest absolute Gasteiger partial charge is 0.398 e. The number of aliphatic hydroxyl groups excluding tert-OH is 1. The van der Waals surface area contributed by atoms with Crippen LogP contribution in [0.15, 0.2) is 24.4 Å². The van der Waals surface area contributed by atoms with E-state index >= 15 is 0 Å². The Balaban J connectivity index is 2.48. The molecule has 0 aliphatic rings. The lowest BCUT2D eigenvalue weighted by Gasteiger charge is -2.22. The third-order valence-electron chi connectivity index (χ3n) is 3.41. The van der Waals surface area contributed by atoms with Gasteiger partial charge in [-0.05, 0) is 31.0 Å². The topological polar surface area (TPSA) is 71.2 Å². The molecular weight excluding hydrogens is 238 g/mol. The van der Waals surface area contributed by atoms with Crippen LogP contribution in [0.3, 0.4) is 0 Å². The van der Waals surface area contributed by atoms with Crippen molar-refractivity contribution < 1.29 is 5.11 Å². The number of hydrogen-bond acceptors (Lipinski definition) is 4. The number of aryl methyl sites for hydroxylation is 1. The van der Waals surface area contributed by atoms with Crippen molar-refractivity contribution in [3.63, 3.8) is 0 Å². The maximum Gasteiger partial charge on any atom is 0.0635 e. The molecule has 0 amide bonds. The van der Waals surface area contributed by atoms with Gasteiger partial charge in [-0.25, -0.2) is 0 Å². The first-order valence-electron chi connectivity index (χ1n) is 6.55. The highest BCUT2D eigenvalue weighted by Crippen LogP contribution is 2.29. The molecule has 0 fully saturated rings. The Labute approximate surface area is 113 Å². The average molecular weight is 259 g/mol. The van der Waals surface area contributed by atoms with Gasteiger partial charge in [0.15, 0.2) is 0 Å². The lowest BCUT2D eigenvalue weighted by Crippen LogP contribution is -2.29. The summed E-state index contributed by atoms with van der Waals surface area (Å²) in [6, 6.07) is 5.88. The lowest BCUT2D eigenvalue weighted by molar-refractivity contribution is 0.249. The molecule has 1 aromatic carbocycles. The molecule has 1 aromatic heterocycles. The van der Waals surface area contributed by atoms with Gasteiger partial charge in [0.2, 0.25) is 0 Å². The van der Waals surface area contributed by atoms with Gasteiger partial charge >= 0.3 is 0 Å². The number of nitrogen functional groups attached to an aromatic ring is 1. The summed E-state index contributed by atoms with van der Waals surface area (Å²) in [5.41, 5.74) is 8.64. The SMILES string of the molecule is Cc1cc2c(NC(CO)C(C)C)ccc(N)c2cn1. The van der Waals surface area contributed by atoms with Crippen LogP contribution in [0.2, 0.25) is 0 Å². The Bertz CT molecular complexity index is 581. The quantitative estimate of drug-likeness (QED) is 0.738. The zero-order valence-electron chi connectivity index (χ0n) is 11.6. The molecule has 1 heterocycles. The Morgan fingerprint density at radius 1 is 1.32 bits per heavy atom. The van der Waals surface area contributed by atoms with Crippen molar-refractivity contribution in [3.8, 4) is 0 Å². The van der Waals surface area contributed by atoms with Crippen LogP contribution in [-0.2, 0) is 0 Å². The normalized spacial score (nSPS) is 12.9. The van der Waals surface area contributed by atoms with Crippen molar-refractivity contribution in [3.05, 3.63) is 30.1 Å². The van der Waals surface area contributed by atoms with E-state index in [4.69, 9.17) is 5.73 Å². The number of pyridine rings is 1. The third kappa shape index (κ3) is 2.79. The number of aromatic nitrogens is 1. The van der Waals surface area contributed by atoms with Crippen LogP contribution in [0.5, 0.6) is 0 Å². The summed E-state index contributed by atoms with van der Waals surface area (Å²) in [5, 5.41) is 14.8. The molecule has 0 bridgehead atoms. The molecule has 0 radical (unpaired) electrons. The predicted octanol–water partition coefficient (Wildman–Crippen LogP) is 2.55. The van der Waals surface area contributed by atoms with Crippen LogP contribution in [0.4, 0.5) is 11.4 Å². The van der Waals surface area contributed by atoms with E-state index in [0.29, 0.717) is 5.92 Å². The van der Waals surface area contributed by atoms with Gasteiger partial charge in [-0.1, -0.05) is 13.8 Å². The van der Waals surface area contributed by atoms with Crippen LogP contribution in [0.25, 0.3) is 10.8 Å². The fourth-order valence-corrected chi connectivity index (χ4v) is 2.11. The molecule has 1 unspecified atom stereocenters. The number of nitrogens with zero attached hydrogens (tertiary/aromatic N) is 1. The van der Waals surface area contributed by atoms with Crippen molar-refractivity contribution in [2.24, 2.45) is 5.92 Å². The first-order valence-corrected chi connectivity index (χ1v) is 6.55. The zero-order valence-corrected chi connectivity index (χ0v) is 11.6. The van der Waals surface area contributed by atoms with Gasteiger partial charge in [-0.2, -0.15) is 0 Å². The second-order valence-electron chi connectivity index (χ2n) is 5.25. The number of benzene rings is 1. The summed E-state index contributed by atoms with van der Waals surface area (Å²) in [6.07, 6.45) is 1.80. The van der Waals surface area contributed by atoms with Crippen molar-refractivity contribution in [2.45, 2.75) is 26.8 Å². The van der Waals surface area contributed by atoms with Gasteiger partial charge < -0.3 is 16.2 Å². The molecule has 0 aliphatic heterocycles. The highest BCUT2D eigenvalue weighted by molar-refractivity contribution is 6.00. The molecular formula is C15H21N3O. The molecule has 1 atom stereocenters. The van der Waals surface area contributed by atoms with Gasteiger partial charge in [-0.15, -0.1) is 0 Å². The minimum atomic E-state index is 0.0281. The molecule has 0 spiro atoms. The van der Waals surface area contributed by atoms with Crippen LogP contribution in [-0.4, -0.2) is 22.7 Å². The van der Waals surface area contributed by atoms with Gasteiger partial charge in [0.25, 0.3) is 0 Å². The van der Waals surface area contributed by atoms with Gasteiger partial charge in [0.1, 0.15) is 0 Å². The average Bonchev–Trinajstić information content (AvgIpc) is 2.37. The van der Waals surface area contributed by atoms with E-state index in [-0.39, 0.29) is 12.6 Å². The number of aliphatic hydroxyl groups is 1. The van der Waals surface area contributed by atoms with Crippen molar-refractivity contribution in [1.29, 1.82) is 0 Å². The fourth-order valence-electron chi connectivity index (χ4n) is 2.11. The predicted molar refractivity (Wildman–Crippen MR) is 80.2 cm³/mol. The maximum absolute atomic E-state index is 9.44. The van der Waals surface area contributed by atoms with E-state index in [1.807, 2.05) is 25.1 Å². The summed E-state index contributed by atoms with van der Waals surface area (Å²) < 4.78 is 0. The number of rotatable bonds is 4. The lowest BCUT2D eigenvalue weighted by atomic mass is 10.0. The molecule has 102 valence electrons. The Morgan fingerprint density at radius 3 is 2.68 bits per heavy atom. The molecule has 4 heteroatoms. The molecule has 2 rings (SSSR count). The third-order valence-corrected chi connectivity index (χ3v) is 3.41. The number of fused-ring (bicyclic) bond motifs is 1. The first kappa shape index (κ1) is 13.6. The van der Waals surface area contributed by atoms with Crippen molar-refractivity contribution >= 4 is 22.1 Å². The van der Waals surface area contributed by atoms with Crippen molar-refractivity contribution in [1.82, 2.24) is 4.98 Å². The minimum Gasteiger partial charge on any atom is -0.398 e. The molecule has 2 aromatic rings. The fraction of sp³-hybridized carbons (Fsp3) is 0.400. The maximum atomic E-state index is 9.44. The number of nitrogens with one attached hydrogen (secondary N) is 1. The van der Waals surface area contributed by atoms with E-state index in [1.54, 1.807) is 6.20 Å². The molecule has 0 aliphatic carbocycles. The highest BCUT2D eigenvalue weighted by atomic mass is 16.3. The molecule has 0 saturated carbocycles. The van der Waals surface area contributed by atoms with Crippen LogP contribution < -0.4 is 11.1 Å². The summed E-state index contributed by atoms with van der Waals surface area (Å²) in [6.45, 7) is 6.23. The van der Waals surface area contributed by atoms with E-state index in [1.165, 1.54) is 0 Å². The second-order valence-corrected chi connectivity index (χ2v) is 5.25. The number of anilines is 2. The molecule has 4 N–H and O–H groups in total. The first-order chi connectivity index (χ1) is 9.02. The monoisotopic (exact) mass is 259 g/mol. The molecule has 0 saturated heterocycles. The summed E-state index contributed by atoms with van der Waals surface area (Å²) in [4.78, 5) is 4.29. The number of hydrogen-bond donors (Lipinski definition) is 3. The minimum absolute atomic E-state index is 0.0281. The van der Waals surface area contributed by atoms with E-state index < -0.39 is 0 Å². The second kappa shape index (κ2) is 5.45. The van der Waals surface area contributed by atoms with Gasteiger partial charge in [0.05, 0.1) is 12.6 Å². The van der Waals surface area contributed by atoms with Crippen LogP contribution in [0.1, 0.15) is 19.5 Å². The summed E-state index contributed by atoms with van der Waals surface area (Å²) in [7, 11) is 0. The van der Waals surface area contributed by atoms with E-state index in [9.17, 15) is 5.11 Å². The number of nitrogens with two attached hydrogens (primary N) is 1. The molecule has 4 nitrogen and oxygen atoms in total. The summed E-state index contributed by atoms with van der Waals surface area (Å²) >= 11 is 0. The van der Waals surface area contributed by atoms with E-state index in [0.717, 1.165) is 27.8 Å². The summed E-state index contributed by atoms with van der Waals surface area (Å²) in [5.74, 6) is 0.348. The van der Waals surface area contributed by atoms with E-state index in [2.05, 4.69) is 24.1 Å². The van der Waals surface area contributed by atoms with Gasteiger partial charge in [0, 0.05) is 34.0 Å². The standard InChI is InChI=1S/C15H21N3O/c1-9(2)15(8-19)18-14-5-4-13(16)12-7-17-10(3)6-11(12)14/h4-7,9,15,18-19H,8,16H2,1-3H3. The Morgan fingerprint density at radius 2 is 2.05 bits per heavy atom. The Hall–Kier alpha value is -1.81. The van der Waals surface area contributed by atoms with Crippen LogP contribution >= 0.6 is 0 Å². The Kier molecular flexibility index (Phi) is 3.90. The molecule has 19 heavy (non-hydrogen) atoms. The smallest absolute Gasteiger partial charge is 0.0635 e. The highest BCUT2D eigenvalue weighted by Gasteiger charge is 2.14. The van der Waals surface area contributed by atoms with Crippen LogP contribution in [0, 0.1) is 12.8 Å². The van der Waals surface area contributed by atoms with Gasteiger partial charge in [-0.3, -0.25) is 4.98 Å².